The van der Waals surface area contributed by atoms with Gasteiger partial charge in [-0.15, -0.1) is 0 Å². The second-order valence-electron chi connectivity index (χ2n) is 3.58. The van der Waals surface area contributed by atoms with Gasteiger partial charge in [0.2, 0.25) is 5.88 Å². The van der Waals surface area contributed by atoms with Crippen molar-refractivity contribution in [2.45, 2.75) is 13.5 Å². The van der Waals surface area contributed by atoms with Crippen molar-refractivity contribution in [2.75, 3.05) is 0 Å². The number of aromatic nitrogens is 2. The number of aliphatic hydroxyl groups excluding tert-OH is 1. The Hall–Kier alpha value is -1.17. The number of hydrogen-bond donors (Lipinski definition) is 1. The molecule has 0 radical (unpaired) electrons. The molecule has 0 fully saturated rings. The maximum Gasteiger partial charge on any atom is 0.228 e. The molecule has 6 heteroatoms. The molecule has 1 N–H and O–H groups in total. The number of rotatable bonds is 3. The molecule has 0 amide bonds. The van der Waals surface area contributed by atoms with Crippen LogP contribution in [0.4, 0.5) is 0 Å². The standard InChI is InChI=1S/C12H10BrClN2O2/c1-7-15-5-8(6-17)12(16-7)18-11-4-9(13)2-3-10(11)14/h2-5,17H,6H2,1H3. The van der Waals surface area contributed by atoms with E-state index in [9.17, 15) is 5.11 Å². The fraction of sp³-hybridized carbons (Fsp3) is 0.167. The van der Waals surface area contributed by atoms with Crippen molar-refractivity contribution >= 4 is 27.5 Å². The van der Waals surface area contributed by atoms with E-state index in [1.807, 2.05) is 6.07 Å². The van der Waals surface area contributed by atoms with Crippen LogP contribution >= 0.6 is 27.5 Å². The smallest absolute Gasteiger partial charge is 0.228 e. The van der Waals surface area contributed by atoms with E-state index in [4.69, 9.17) is 16.3 Å². The Kier molecular flexibility index (Phi) is 4.16. The first-order valence-corrected chi connectivity index (χ1v) is 6.33. The summed E-state index contributed by atoms with van der Waals surface area (Å²) in [6, 6.07) is 5.27. The molecule has 2 aromatic rings. The van der Waals surface area contributed by atoms with Crippen LogP contribution in [-0.2, 0) is 6.61 Å². The topological polar surface area (TPSA) is 55.2 Å². The van der Waals surface area contributed by atoms with Gasteiger partial charge in [0.1, 0.15) is 11.6 Å². The number of halogens is 2. The molecule has 0 aliphatic heterocycles. The Morgan fingerprint density at radius 3 is 2.94 bits per heavy atom. The van der Waals surface area contributed by atoms with Gasteiger partial charge in [-0.2, -0.15) is 4.98 Å². The third kappa shape index (κ3) is 2.98. The van der Waals surface area contributed by atoms with Crippen molar-refractivity contribution in [1.29, 1.82) is 0 Å². The van der Waals surface area contributed by atoms with E-state index in [0.717, 1.165) is 4.47 Å². The molecule has 1 aromatic heterocycles. The van der Waals surface area contributed by atoms with Gasteiger partial charge in [0, 0.05) is 10.7 Å². The predicted molar refractivity (Wildman–Crippen MR) is 71.9 cm³/mol. The summed E-state index contributed by atoms with van der Waals surface area (Å²) in [5.74, 6) is 1.34. The van der Waals surface area contributed by atoms with E-state index in [1.54, 1.807) is 19.1 Å². The highest BCUT2D eigenvalue weighted by Gasteiger charge is 2.10. The van der Waals surface area contributed by atoms with Gasteiger partial charge in [0.25, 0.3) is 0 Å². The lowest BCUT2D eigenvalue weighted by Gasteiger charge is -2.10. The van der Waals surface area contributed by atoms with Gasteiger partial charge in [-0.25, -0.2) is 4.98 Å². The van der Waals surface area contributed by atoms with Crippen molar-refractivity contribution in [3.8, 4) is 11.6 Å². The van der Waals surface area contributed by atoms with E-state index in [0.29, 0.717) is 28.0 Å². The Morgan fingerprint density at radius 1 is 1.44 bits per heavy atom. The number of hydrogen-bond acceptors (Lipinski definition) is 4. The summed E-state index contributed by atoms with van der Waals surface area (Å²) in [5, 5.41) is 9.68. The zero-order chi connectivity index (χ0) is 13.1. The highest BCUT2D eigenvalue weighted by molar-refractivity contribution is 9.10. The van der Waals surface area contributed by atoms with Gasteiger partial charge in [0.05, 0.1) is 17.2 Å². The average Bonchev–Trinajstić information content (AvgIpc) is 2.34. The van der Waals surface area contributed by atoms with Crippen LogP contribution in [0.2, 0.25) is 5.02 Å². The van der Waals surface area contributed by atoms with Crippen LogP contribution < -0.4 is 4.74 Å². The van der Waals surface area contributed by atoms with Gasteiger partial charge in [-0.3, -0.25) is 0 Å². The normalized spacial score (nSPS) is 10.4. The molecule has 0 unspecified atom stereocenters. The Balaban J connectivity index is 2.38. The van der Waals surface area contributed by atoms with Crippen LogP contribution in [0.5, 0.6) is 11.6 Å². The average molecular weight is 330 g/mol. The quantitative estimate of drug-likeness (QED) is 0.936. The van der Waals surface area contributed by atoms with Gasteiger partial charge in [0.15, 0.2) is 0 Å². The van der Waals surface area contributed by atoms with Crippen molar-refractivity contribution in [3.63, 3.8) is 0 Å². The lowest BCUT2D eigenvalue weighted by atomic mass is 10.3. The summed E-state index contributed by atoms with van der Waals surface area (Å²) in [6.45, 7) is 1.55. The largest absolute Gasteiger partial charge is 0.437 e. The molecule has 0 aliphatic carbocycles. The van der Waals surface area contributed by atoms with E-state index in [-0.39, 0.29) is 6.61 Å². The molecule has 1 heterocycles. The summed E-state index contributed by atoms with van der Waals surface area (Å²) in [4.78, 5) is 8.14. The first-order chi connectivity index (χ1) is 8.60. The summed E-state index contributed by atoms with van der Waals surface area (Å²) >= 11 is 9.37. The summed E-state index contributed by atoms with van der Waals surface area (Å²) in [6.07, 6.45) is 1.53. The minimum Gasteiger partial charge on any atom is -0.437 e. The SMILES string of the molecule is Cc1ncc(CO)c(Oc2cc(Br)ccc2Cl)n1. The number of aliphatic hydroxyl groups is 1. The molecule has 1 aromatic carbocycles. The van der Waals surface area contributed by atoms with Crippen LogP contribution in [0.15, 0.2) is 28.9 Å². The number of aryl methyl sites for hydroxylation is 1. The van der Waals surface area contributed by atoms with Crippen molar-refractivity contribution in [3.05, 3.63) is 45.3 Å². The molecular weight excluding hydrogens is 320 g/mol. The molecule has 0 bridgehead atoms. The number of nitrogens with zero attached hydrogens (tertiary/aromatic N) is 2. The number of ether oxygens (including phenoxy) is 1. The van der Waals surface area contributed by atoms with Crippen LogP contribution in [0.25, 0.3) is 0 Å². The molecule has 18 heavy (non-hydrogen) atoms. The molecule has 0 saturated carbocycles. The van der Waals surface area contributed by atoms with Gasteiger partial charge in [-0.05, 0) is 25.1 Å². The second-order valence-corrected chi connectivity index (χ2v) is 4.91. The third-order valence-corrected chi connectivity index (χ3v) is 3.02. The van der Waals surface area contributed by atoms with Crippen LogP contribution in [0, 0.1) is 6.92 Å². The summed E-state index contributed by atoms with van der Waals surface area (Å²) < 4.78 is 6.47. The first kappa shape index (κ1) is 13.3. The van der Waals surface area contributed by atoms with E-state index in [1.165, 1.54) is 6.20 Å². The summed E-state index contributed by atoms with van der Waals surface area (Å²) in [5.41, 5.74) is 0.511. The Labute approximate surface area is 118 Å². The van der Waals surface area contributed by atoms with Crippen LogP contribution in [-0.4, -0.2) is 15.1 Å². The highest BCUT2D eigenvalue weighted by atomic mass is 79.9. The molecule has 2 rings (SSSR count). The van der Waals surface area contributed by atoms with Crippen molar-refractivity contribution in [1.82, 2.24) is 9.97 Å². The van der Waals surface area contributed by atoms with Crippen molar-refractivity contribution in [2.24, 2.45) is 0 Å². The zero-order valence-corrected chi connectivity index (χ0v) is 11.9. The molecule has 4 nitrogen and oxygen atoms in total. The molecule has 0 atom stereocenters. The van der Waals surface area contributed by atoms with Gasteiger partial charge in [-0.1, -0.05) is 27.5 Å². The maximum atomic E-state index is 9.21. The fourth-order valence-corrected chi connectivity index (χ4v) is 1.83. The van der Waals surface area contributed by atoms with Crippen LogP contribution in [0.3, 0.4) is 0 Å². The van der Waals surface area contributed by atoms with E-state index < -0.39 is 0 Å². The number of benzene rings is 1. The fourth-order valence-electron chi connectivity index (χ4n) is 1.33. The monoisotopic (exact) mass is 328 g/mol. The minimum atomic E-state index is -0.193. The highest BCUT2D eigenvalue weighted by Crippen LogP contribution is 2.32. The molecular formula is C12H10BrClN2O2. The Morgan fingerprint density at radius 2 is 2.22 bits per heavy atom. The zero-order valence-electron chi connectivity index (χ0n) is 9.52. The maximum absolute atomic E-state index is 9.21. The lowest BCUT2D eigenvalue weighted by Crippen LogP contribution is -1.99. The first-order valence-electron chi connectivity index (χ1n) is 5.16. The lowest BCUT2D eigenvalue weighted by molar-refractivity contribution is 0.274. The Bertz CT molecular complexity index is 578. The molecule has 0 spiro atoms. The van der Waals surface area contributed by atoms with Crippen LogP contribution in [0.1, 0.15) is 11.4 Å². The summed E-state index contributed by atoms with van der Waals surface area (Å²) in [7, 11) is 0. The minimum absolute atomic E-state index is 0.193. The molecule has 0 saturated heterocycles. The van der Waals surface area contributed by atoms with E-state index >= 15 is 0 Å². The second kappa shape index (κ2) is 5.65. The predicted octanol–water partition coefficient (Wildman–Crippen LogP) is 3.49. The molecule has 94 valence electrons. The third-order valence-electron chi connectivity index (χ3n) is 2.22. The van der Waals surface area contributed by atoms with Gasteiger partial charge >= 0.3 is 0 Å². The van der Waals surface area contributed by atoms with E-state index in [2.05, 4.69) is 25.9 Å². The van der Waals surface area contributed by atoms with Gasteiger partial charge < -0.3 is 9.84 Å². The van der Waals surface area contributed by atoms with Crippen molar-refractivity contribution < 1.29 is 9.84 Å². The molecule has 0 aliphatic rings.